The van der Waals surface area contributed by atoms with Crippen LogP contribution in [-0.2, 0) is 23.0 Å². The van der Waals surface area contributed by atoms with Crippen LogP contribution in [0.1, 0.15) is 24.3 Å². The molecule has 150 valence electrons. The number of aromatic nitrogens is 5. The Morgan fingerprint density at radius 1 is 1.38 bits per heavy atom. The second-order valence-corrected chi connectivity index (χ2v) is 9.94. The van der Waals surface area contributed by atoms with Crippen LogP contribution in [0.5, 0.6) is 0 Å². The number of nitrogens with two attached hydrogens (primary N) is 1. The number of pyridine rings is 2. The summed E-state index contributed by atoms with van der Waals surface area (Å²) < 4.78 is 20.1. The lowest BCUT2D eigenvalue weighted by atomic mass is 10.0. The highest BCUT2D eigenvalue weighted by Crippen LogP contribution is 2.48. The number of nitrogens with zero attached hydrogens (tertiary/aromatic N) is 5. The van der Waals surface area contributed by atoms with Crippen LogP contribution in [-0.4, -0.2) is 49.0 Å². The van der Waals surface area contributed by atoms with E-state index >= 15 is 0 Å². The molecule has 0 spiro atoms. The van der Waals surface area contributed by atoms with Gasteiger partial charge in [0.15, 0.2) is 5.65 Å². The highest BCUT2D eigenvalue weighted by atomic mass is 32.2. The summed E-state index contributed by atoms with van der Waals surface area (Å²) in [6.45, 7) is 0.429. The van der Waals surface area contributed by atoms with Gasteiger partial charge in [0.05, 0.1) is 12.3 Å². The highest BCUT2D eigenvalue weighted by molar-refractivity contribution is 7.93. The smallest absolute Gasteiger partial charge is 0.232 e. The van der Waals surface area contributed by atoms with Crippen LogP contribution in [0.25, 0.3) is 32.6 Å². The number of nitrogen functional groups attached to an aromatic ring is 1. The van der Waals surface area contributed by atoms with E-state index in [9.17, 15) is 4.55 Å². The third-order valence-electron chi connectivity index (χ3n) is 5.13. The van der Waals surface area contributed by atoms with Gasteiger partial charge in [-0.25, -0.2) is 14.6 Å². The van der Waals surface area contributed by atoms with Gasteiger partial charge >= 0.3 is 0 Å². The average molecular weight is 429 g/mol. The third kappa shape index (κ3) is 3.25. The summed E-state index contributed by atoms with van der Waals surface area (Å²) in [6, 6.07) is 4.05. The fourth-order valence-electron chi connectivity index (χ4n) is 3.48. The van der Waals surface area contributed by atoms with Crippen molar-refractivity contribution in [3.8, 4) is 11.3 Å². The lowest BCUT2D eigenvalue weighted by molar-refractivity contribution is 0.217. The van der Waals surface area contributed by atoms with Crippen molar-refractivity contribution in [2.45, 2.75) is 23.0 Å². The minimum absolute atomic E-state index is 0.423. The molecule has 0 amide bonds. The highest BCUT2D eigenvalue weighted by Gasteiger charge is 2.31. The fraction of sp³-hybridized carbons (Fsp3) is 0.368. The van der Waals surface area contributed by atoms with E-state index in [4.69, 9.17) is 15.5 Å². The molecular formula is C19H20N6O2S2. The molecule has 1 aliphatic rings. The molecule has 5 rings (SSSR count). The fourth-order valence-corrected chi connectivity index (χ4v) is 6.05. The van der Waals surface area contributed by atoms with E-state index in [0.717, 1.165) is 45.5 Å². The molecule has 4 aromatic rings. The zero-order valence-electron chi connectivity index (χ0n) is 16.1. The van der Waals surface area contributed by atoms with Gasteiger partial charge in [0.1, 0.15) is 21.8 Å². The maximum Gasteiger partial charge on any atom is 0.232 e. The van der Waals surface area contributed by atoms with E-state index < -0.39 is 11.2 Å². The first-order valence-corrected chi connectivity index (χ1v) is 11.5. The summed E-state index contributed by atoms with van der Waals surface area (Å²) >= 11 is 0.214. The van der Waals surface area contributed by atoms with Gasteiger partial charge in [-0.2, -0.15) is 0 Å². The molecular weight excluding hydrogens is 408 g/mol. The monoisotopic (exact) mass is 428 g/mol. The molecule has 0 unspecified atom stereocenters. The van der Waals surface area contributed by atoms with Crippen molar-refractivity contribution in [1.29, 1.82) is 0 Å². The number of aryl methyl sites for hydroxylation is 1. The Morgan fingerprint density at radius 2 is 2.21 bits per heavy atom. The Kier molecular flexibility index (Phi) is 4.66. The second-order valence-electron chi connectivity index (χ2n) is 7.18. The number of hydrogen-bond acceptors (Lipinski definition) is 8. The Balaban J connectivity index is 1.64. The summed E-state index contributed by atoms with van der Waals surface area (Å²) in [5, 5.41) is 9.13. The third-order valence-corrected chi connectivity index (χ3v) is 8.00. The molecule has 1 fully saturated rings. The van der Waals surface area contributed by atoms with E-state index in [1.165, 1.54) is 16.9 Å². The van der Waals surface area contributed by atoms with Gasteiger partial charge in [-0.05, 0) is 36.5 Å². The van der Waals surface area contributed by atoms with Crippen LogP contribution < -0.4 is 5.73 Å². The normalized spacial score (nSPS) is 15.4. The first-order chi connectivity index (χ1) is 14.1. The first kappa shape index (κ1) is 18.7. The molecule has 1 aliphatic carbocycles. The van der Waals surface area contributed by atoms with Crippen molar-refractivity contribution in [3.63, 3.8) is 0 Å². The molecule has 4 aromatic heterocycles. The van der Waals surface area contributed by atoms with Gasteiger partial charge in [0.2, 0.25) is 4.21 Å². The van der Waals surface area contributed by atoms with E-state index in [2.05, 4.69) is 21.4 Å². The van der Waals surface area contributed by atoms with E-state index in [0.29, 0.717) is 28.2 Å². The lowest BCUT2D eigenvalue weighted by Crippen LogP contribution is -2.11. The van der Waals surface area contributed by atoms with E-state index in [-0.39, 0.29) is 0 Å². The van der Waals surface area contributed by atoms with Gasteiger partial charge in [0, 0.05) is 42.5 Å². The number of ether oxygens (including phenoxy) is 1. The number of anilines is 1. The molecule has 4 heterocycles. The molecule has 1 atom stereocenters. The van der Waals surface area contributed by atoms with Crippen LogP contribution in [0.2, 0.25) is 0 Å². The standard InChI is InChI=1S/C19H20N6O2S2/c1-25-17-14(23-24-25)7-11(9-21-17)13-8-12(10-3-4-10)15-16(20)19(28-18(15)22-13)29(26)6-5-27-2/h7-10H,3-6,20H2,1-2H3/t29-/m1/s1. The molecule has 0 aromatic carbocycles. The summed E-state index contributed by atoms with van der Waals surface area (Å²) in [5.41, 5.74) is 11.4. The molecule has 2 N–H and O–H groups in total. The molecule has 29 heavy (non-hydrogen) atoms. The van der Waals surface area contributed by atoms with Crippen molar-refractivity contribution < 1.29 is 9.29 Å². The summed E-state index contributed by atoms with van der Waals surface area (Å²) in [6.07, 6.45) is 4.07. The number of rotatable bonds is 6. The lowest BCUT2D eigenvalue weighted by Gasteiger charge is -2.09. The Morgan fingerprint density at radius 3 is 2.97 bits per heavy atom. The maximum atomic E-state index is 12.7. The Hall–Kier alpha value is -2.27. The second kappa shape index (κ2) is 7.21. The van der Waals surface area contributed by atoms with Gasteiger partial charge in [-0.1, -0.05) is 16.6 Å². The van der Waals surface area contributed by atoms with Crippen LogP contribution in [0.4, 0.5) is 5.69 Å². The minimum Gasteiger partial charge on any atom is -0.611 e. The molecule has 8 nitrogen and oxygen atoms in total. The first-order valence-electron chi connectivity index (χ1n) is 9.33. The predicted octanol–water partition coefficient (Wildman–Crippen LogP) is 2.85. The largest absolute Gasteiger partial charge is 0.611 e. The van der Waals surface area contributed by atoms with Gasteiger partial charge in [-0.15, -0.1) is 5.10 Å². The summed E-state index contributed by atoms with van der Waals surface area (Å²) in [5.74, 6) is 0.900. The SMILES string of the molecule is COCC[S@@+]([O-])c1sc2nc(-c3cnc4c(c3)nnn4C)cc(C3CC3)c2c1N. The molecule has 0 saturated heterocycles. The van der Waals surface area contributed by atoms with Gasteiger partial charge < -0.3 is 15.0 Å². The molecule has 0 bridgehead atoms. The summed E-state index contributed by atoms with van der Waals surface area (Å²) in [4.78, 5) is 10.2. The average Bonchev–Trinajstić information content (AvgIpc) is 3.44. The quantitative estimate of drug-likeness (QED) is 0.470. The van der Waals surface area contributed by atoms with Crippen LogP contribution in [0.15, 0.2) is 22.5 Å². The minimum atomic E-state index is -1.20. The molecule has 1 saturated carbocycles. The Bertz CT molecular complexity index is 1220. The summed E-state index contributed by atoms with van der Waals surface area (Å²) in [7, 11) is 3.42. The zero-order chi connectivity index (χ0) is 20.1. The molecule has 0 aliphatic heterocycles. The van der Waals surface area contributed by atoms with Crippen molar-refractivity contribution in [2.75, 3.05) is 25.2 Å². The van der Waals surface area contributed by atoms with Crippen LogP contribution in [0.3, 0.4) is 0 Å². The van der Waals surface area contributed by atoms with Crippen molar-refractivity contribution in [1.82, 2.24) is 25.0 Å². The zero-order valence-corrected chi connectivity index (χ0v) is 17.7. The number of methoxy groups -OCH3 is 1. The Labute approximate surface area is 174 Å². The number of hydrogen-bond donors (Lipinski definition) is 1. The topological polar surface area (TPSA) is 115 Å². The molecule has 0 radical (unpaired) electrons. The van der Waals surface area contributed by atoms with Crippen molar-refractivity contribution in [2.24, 2.45) is 7.05 Å². The predicted molar refractivity (Wildman–Crippen MR) is 114 cm³/mol. The van der Waals surface area contributed by atoms with Crippen molar-refractivity contribution >= 4 is 49.6 Å². The van der Waals surface area contributed by atoms with Gasteiger partial charge in [-0.3, -0.25) is 0 Å². The van der Waals surface area contributed by atoms with E-state index in [1.807, 2.05) is 13.1 Å². The maximum absolute atomic E-state index is 12.7. The van der Waals surface area contributed by atoms with Crippen LogP contribution in [0, 0.1) is 0 Å². The van der Waals surface area contributed by atoms with E-state index in [1.54, 1.807) is 18.0 Å². The molecule has 10 heteroatoms. The van der Waals surface area contributed by atoms with Crippen molar-refractivity contribution in [3.05, 3.63) is 23.9 Å². The number of fused-ring (bicyclic) bond motifs is 2. The van der Waals surface area contributed by atoms with Crippen LogP contribution >= 0.6 is 11.3 Å². The van der Waals surface area contributed by atoms with Gasteiger partial charge in [0.25, 0.3) is 0 Å². The number of thiophene rings is 1.